The minimum Gasteiger partial charge on any atom is -0.411 e. The van der Waals surface area contributed by atoms with Crippen LogP contribution in [0.5, 0.6) is 0 Å². The lowest BCUT2D eigenvalue weighted by Gasteiger charge is -2.10. The summed E-state index contributed by atoms with van der Waals surface area (Å²) in [4.78, 5) is 43.5. The van der Waals surface area contributed by atoms with E-state index in [0.717, 1.165) is 11.0 Å². The quantitative estimate of drug-likeness (QED) is 0.485. The Morgan fingerprint density at radius 1 is 1.29 bits per heavy atom. The standard InChI is InChI=1S/C10H18N2O4Si/c1-17(15,16)8-4-2-3-7-12-9(13)5-6-11-10(12)14/h5-6,15-16H,2-4,7-8H2,1H3,(H,11,14). The Balaban J connectivity index is 2.37. The maximum atomic E-state index is 11.3. The summed E-state index contributed by atoms with van der Waals surface area (Å²) < 4.78 is 1.15. The number of unbranched alkanes of at least 4 members (excludes halogenated alkanes) is 2. The SMILES string of the molecule is C[Si](O)(O)CCCCCn1c(=O)cc[nH]c1=O. The molecule has 17 heavy (non-hydrogen) atoms. The van der Waals surface area contributed by atoms with Gasteiger partial charge in [-0.1, -0.05) is 12.8 Å². The van der Waals surface area contributed by atoms with Gasteiger partial charge in [0.05, 0.1) is 0 Å². The first-order valence-electron chi connectivity index (χ1n) is 5.63. The van der Waals surface area contributed by atoms with Crippen LogP contribution >= 0.6 is 0 Å². The van der Waals surface area contributed by atoms with Crippen LogP contribution in [0.4, 0.5) is 0 Å². The molecular weight excluding hydrogens is 240 g/mol. The molecule has 0 saturated heterocycles. The number of H-pyrrole nitrogens is 1. The van der Waals surface area contributed by atoms with E-state index in [0.29, 0.717) is 25.4 Å². The van der Waals surface area contributed by atoms with Crippen molar-refractivity contribution < 1.29 is 9.59 Å². The van der Waals surface area contributed by atoms with Gasteiger partial charge in [-0.15, -0.1) is 0 Å². The van der Waals surface area contributed by atoms with Crippen LogP contribution in [0.25, 0.3) is 0 Å². The molecule has 0 saturated carbocycles. The van der Waals surface area contributed by atoms with Crippen LogP contribution in [-0.4, -0.2) is 27.7 Å². The van der Waals surface area contributed by atoms with Crippen LogP contribution in [0.15, 0.2) is 21.9 Å². The minimum atomic E-state index is -2.94. The van der Waals surface area contributed by atoms with Gasteiger partial charge in [-0.3, -0.25) is 9.36 Å². The van der Waals surface area contributed by atoms with Crippen LogP contribution in [0.2, 0.25) is 12.6 Å². The van der Waals surface area contributed by atoms with E-state index in [2.05, 4.69) is 4.98 Å². The summed E-state index contributed by atoms with van der Waals surface area (Å²) >= 11 is 0. The third kappa shape index (κ3) is 5.11. The smallest absolute Gasteiger partial charge is 0.329 e. The zero-order valence-electron chi connectivity index (χ0n) is 9.85. The van der Waals surface area contributed by atoms with Gasteiger partial charge in [0.25, 0.3) is 5.56 Å². The maximum absolute atomic E-state index is 11.3. The summed E-state index contributed by atoms with van der Waals surface area (Å²) in [5.74, 6) is 0. The van der Waals surface area contributed by atoms with E-state index in [9.17, 15) is 19.2 Å². The number of rotatable bonds is 6. The lowest BCUT2D eigenvalue weighted by molar-refractivity contribution is 0.365. The van der Waals surface area contributed by atoms with E-state index < -0.39 is 14.3 Å². The topological polar surface area (TPSA) is 95.3 Å². The second kappa shape index (κ2) is 5.94. The first-order valence-corrected chi connectivity index (χ1v) is 8.23. The van der Waals surface area contributed by atoms with Gasteiger partial charge in [0, 0.05) is 18.8 Å². The molecule has 7 heteroatoms. The molecule has 0 aliphatic carbocycles. The molecule has 0 fully saturated rings. The number of aromatic amines is 1. The number of hydrogen-bond donors (Lipinski definition) is 3. The third-order valence-corrected chi connectivity index (χ3v) is 3.78. The number of hydrogen-bond acceptors (Lipinski definition) is 4. The fourth-order valence-corrected chi connectivity index (χ4v) is 2.49. The summed E-state index contributed by atoms with van der Waals surface area (Å²) in [6.45, 7) is 1.84. The highest BCUT2D eigenvalue weighted by atomic mass is 28.4. The molecule has 0 aliphatic rings. The van der Waals surface area contributed by atoms with E-state index in [1.165, 1.54) is 18.8 Å². The first-order chi connectivity index (χ1) is 7.90. The van der Waals surface area contributed by atoms with Crippen molar-refractivity contribution in [2.75, 3.05) is 0 Å². The summed E-state index contributed by atoms with van der Waals surface area (Å²) in [5.41, 5.74) is -0.710. The molecule has 3 N–H and O–H groups in total. The first kappa shape index (κ1) is 13.9. The zero-order chi connectivity index (χ0) is 12.9. The molecule has 0 amide bonds. The largest absolute Gasteiger partial charge is 0.411 e. The molecule has 0 bridgehead atoms. The van der Waals surface area contributed by atoms with Gasteiger partial charge in [0.1, 0.15) is 0 Å². The molecule has 0 aliphatic heterocycles. The van der Waals surface area contributed by atoms with Gasteiger partial charge >= 0.3 is 14.3 Å². The lowest BCUT2D eigenvalue weighted by atomic mass is 10.2. The predicted molar refractivity (Wildman–Crippen MR) is 66.0 cm³/mol. The van der Waals surface area contributed by atoms with Crippen molar-refractivity contribution in [1.29, 1.82) is 0 Å². The second-order valence-corrected chi connectivity index (χ2v) is 7.23. The molecular formula is C10H18N2O4Si. The monoisotopic (exact) mass is 258 g/mol. The molecule has 1 aromatic heterocycles. The zero-order valence-corrected chi connectivity index (χ0v) is 10.8. The van der Waals surface area contributed by atoms with Gasteiger partial charge in [0.2, 0.25) is 0 Å². The molecule has 1 aromatic rings. The summed E-state index contributed by atoms with van der Waals surface area (Å²) in [6, 6.07) is 1.74. The van der Waals surface area contributed by atoms with Gasteiger partial charge < -0.3 is 14.6 Å². The molecule has 0 atom stereocenters. The number of nitrogens with zero attached hydrogens (tertiary/aromatic N) is 1. The van der Waals surface area contributed by atoms with Crippen LogP contribution < -0.4 is 11.2 Å². The molecule has 0 spiro atoms. The van der Waals surface area contributed by atoms with Crippen molar-refractivity contribution >= 4 is 8.56 Å². The maximum Gasteiger partial charge on any atom is 0.329 e. The van der Waals surface area contributed by atoms with Crippen LogP contribution in [0.1, 0.15) is 19.3 Å². The van der Waals surface area contributed by atoms with Crippen molar-refractivity contribution in [3.8, 4) is 0 Å². The van der Waals surface area contributed by atoms with Crippen LogP contribution in [0.3, 0.4) is 0 Å². The van der Waals surface area contributed by atoms with Crippen LogP contribution in [0, 0.1) is 0 Å². The molecule has 6 nitrogen and oxygen atoms in total. The normalized spacial score (nSPS) is 11.7. The second-order valence-electron chi connectivity index (χ2n) is 4.30. The van der Waals surface area contributed by atoms with Crippen molar-refractivity contribution in [3.05, 3.63) is 33.1 Å². The molecule has 0 unspecified atom stereocenters. The summed E-state index contributed by atoms with van der Waals surface area (Å²) in [7, 11) is -2.94. The lowest BCUT2D eigenvalue weighted by Crippen LogP contribution is -2.34. The molecule has 0 radical (unpaired) electrons. The fourth-order valence-electron chi connectivity index (χ4n) is 1.57. The highest BCUT2D eigenvalue weighted by Gasteiger charge is 2.19. The van der Waals surface area contributed by atoms with E-state index >= 15 is 0 Å². The molecule has 1 rings (SSSR count). The van der Waals surface area contributed by atoms with Crippen molar-refractivity contribution in [2.24, 2.45) is 0 Å². The Hall–Kier alpha value is -1.18. The number of aromatic nitrogens is 2. The van der Waals surface area contributed by atoms with Crippen molar-refractivity contribution in [3.63, 3.8) is 0 Å². The Labute approximate surface area is 99.8 Å². The summed E-state index contributed by atoms with van der Waals surface area (Å²) in [5, 5.41) is 0. The summed E-state index contributed by atoms with van der Waals surface area (Å²) in [6.07, 6.45) is 3.48. The van der Waals surface area contributed by atoms with Gasteiger partial charge in [0.15, 0.2) is 0 Å². The minimum absolute atomic E-state index is 0.308. The van der Waals surface area contributed by atoms with E-state index in [-0.39, 0.29) is 5.56 Å². The van der Waals surface area contributed by atoms with Gasteiger partial charge in [-0.2, -0.15) is 0 Å². The predicted octanol–water partition coefficient (Wildman–Crippen LogP) is -0.237. The average molecular weight is 258 g/mol. The van der Waals surface area contributed by atoms with E-state index in [4.69, 9.17) is 0 Å². The Morgan fingerprint density at radius 2 is 2.00 bits per heavy atom. The Kier molecular flexibility index (Phi) is 4.85. The fraction of sp³-hybridized carbons (Fsp3) is 0.600. The molecule has 96 valence electrons. The van der Waals surface area contributed by atoms with Crippen LogP contribution in [-0.2, 0) is 6.54 Å². The van der Waals surface area contributed by atoms with Crippen molar-refractivity contribution in [1.82, 2.24) is 9.55 Å². The Morgan fingerprint density at radius 3 is 2.59 bits per heavy atom. The van der Waals surface area contributed by atoms with E-state index in [1.54, 1.807) is 0 Å². The highest BCUT2D eigenvalue weighted by Crippen LogP contribution is 2.08. The highest BCUT2D eigenvalue weighted by molar-refractivity contribution is 6.63. The average Bonchev–Trinajstić information content (AvgIpc) is 2.20. The van der Waals surface area contributed by atoms with Crippen molar-refractivity contribution in [2.45, 2.75) is 38.4 Å². The number of nitrogens with one attached hydrogen (secondary N) is 1. The molecule has 1 heterocycles. The van der Waals surface area contributed by atoms with Gasteiger partial charge in [-0.05, 0) is 19.0 Å². The van der Waals surface area contributed by atoms with E-state index in [1.807, 2.05) is 0 Å². The Bertz CT molecular complexity index is 432. The molecule has 0 aromatic carbocycles. The third-order valence-electron chi connectivity index (χ3n) is 2.48. The van der Waals surface area contributed by atoms with Gasteiger partial charge in [-0.25, -0.2) is 4.79 Å².